The molecule has 0 fully saturated rings. The Morgan fingerprint density at radius 3 is 2.57 bits per heavy atom. The molecule has 110 valence electrons. The molecule has 0 amide bonds. The van der Waals surface area contributed by atoms with Crippen molar-refractivity contribution in [1.82, 2.24) is 0 Å². The number of carbonyl (C=O) groups is 1. The Bertz CT molecular complexity index is 674. The van der Waals surface area contributed by atoms with Gasteiger partial charge in [0.2, 0.25) is 0 Å². The number of methoxy groups -OCH3 is 1. The lowest BCUT2D eigenvalue weighted by Crippen LogP contribution is -2.06. The Balaban J connectivity index is 2.19. The van der Waals surface area contributed by atoms with Crippen LogP contribution in [0.4, 0.5) is 8.78 Å². The van der Waals surface area contributed by atoms with Gasteiger partial charge < -0.3 is 9.47 Å². The molecule has 0 heterocycles. The predicted octanol–water partition coefficient (Wildman–Crippen LogP) is 4.09. The van der Waals surface area contributed by atoms with Gasteiger partial charge in [-0.05, 0) is 35.9 Å². The van der Waals surface area contributed by atoms with Crippen LogP contribution in [0.3, 0.4) is 0 Å². The van der Waals surface area contributed by atoms with E-state index in [0.717, 1.165) is 12.1 Å². The summed E-state index contributed by atoms with van der Waals surface area (Å²) in [7, 11) is 1.27. The molecule has 0 aliphatic heterocycles. The van der Waals surface area contributed by atoms with Crippen molar-refractivity contribution in [2.75, 3.05) is 7.11 Å². The van der Waals surface area contributed by atoms with Gasteiger partial charge in [0.05, 0.1) is 7.11 Å². The Morgan fingerprint density at radius 2 is 1.90 bits per heavy atom. The van der Waals surface area contributed by atoms with Gasteiger partial charge in [0.25, 0.3) is 0 Å². The largest absolute Gasteiger partial charge is 0.488 e. The van der Waals surface area contributed by atoms with Crippen LogP contribution in [0.25, 0.3) is 0 Å². The van der Waals surface area contributed by atoms with E-state index in [4.69, 9.17) is 4.74 Å². The minimum atomic E-state index is -0.944. The van der Waals surface area contributed by atoms with Crippen LogP contribution >= 0.6 is 15.9 Å². The van der Waals surface area contributed by atoms with Gasteiger partial charge in [-0.2, -0.15) is 0 Å². The molecule has 2 rings (SSSR count). The predicted molar refractivity (Wildman–Crippen MR) is 76.2 cm³/mol. The lowest BCUT2D eigenvalue weighted by atomic mass is 10.2. The van der Waals surface area contributed by atoms with Gasteiger partial charge in [-0.3, -0.25) is 0 Å². The van der Waals surface area contributed by atoms with Gasteiger partial charge in [-0.15, -0.1) is 0 Å². The highest BCUT2D eigenvalue weighted by Gasteiger charge is 2.14. The highest BCUT2D eigenvalue weighted by atomic mass is 79.9. The molecule has 0 bridgehead atoms. The number of carbonyl (C=O) groups excluding carboxylic acids is 1. The summed E-state index contributed by atoms with van der Waals surface area (Å²) < 4.78 is 36.8. The summed E-state index contributed by atoms with van der Waals surface area (Å²) >= 11 is 3.25. The third-order valence-corrected chi connectivity index (χ3v) is 3.22. The van der Waals surface area contributed by atoms with Gasteiger partial charge >= 0.3 is 5.97 Å². The molecule has 21 heavy (non-hydrogen) atoms. The average Bonchev–Trinajstić information content (AvgIpc) is 2.48. The van der Waals surface area contributed by atoms with E-state index >= 15 is 0 Å². The maximum Gasteiger partial charge on any atom is 0.341 e. The molecular weight excluding hydrogens is 346 g/mol. The third kappa shape index (κ3) is 3.78. The van der Waals surface area contributed by atoms with Crippen LogP contribution in [-0.4, -0.2) is 13.1 Å². The normalized spacial score (nSPS) is 10.3. The van der Waals surface area contributed by atoms with Crippen molar-refractivity contribution in [3.8, 4) is 5.75 Å². The number of ether oxygens (including phenoxy) is 2. The summed E-state index contributed by atoms with van der Waals surface area (Å²) in [4.78, 5) is 11.7. The molecule has 0 radical (unpaired) electrons. The van der Waals surface area contributed by atoms with Gasteiger partial charge in [-0.25, -0.2) is 13.6 Å². The summed E-state index contributed by atoms with van der Waals surface area (Å²) in [5.41, 5.74) is 0.696. The summed E-state index contributed by atoms with van der Waals surface area (Å²) in [5.74, 6) is -2.11. The zero-order valence-corrected chi connectivity index (χ0v) is 12.6. The second-order valence-corrected chi connectivity index (χ2v) is 5.08. The minimum Gasteiger partial charge on any atom is -0.488 e. The first-order chi connectivity index (χ1) is 10.0. The van der Waals surface area contributed by atoms with E-state index in [1.54, 1.807) is 18.2 Å². The summed E-state index contributed by atoms with van der Waals surface area (Å²) in [6, 6.07) is 8.34. The highest BCUT2D eigenvalue weighted by molar-refractivity contribution is 9.10. The lowest BCUT2D eigenvalue weighted by molar-refractivity contribution is 0.0595. The first-order valence-corrected chi connectivity index (χ1v) is 6.75. The Kier molecular flexibility index (Phi) is 4.90. The summed E-state index contributed by atoms with van der Waals surface area (Å²) in [6.45, 7) is 0.00280. The fourth-order valence-corrected chi connectivity index (χ4v) is 2.05. The van der Waals surface area contributed by atoms with E-state index in [0.29, 0.717) is 15.8 Å². The topological polar surface area (TPSA) is 35.5 Å². The smallest absolute Gasteiger partial charge is 0.341 e. The summed E-state index contributed by atoms with van der Waals surface area (Å²) in [5, 5.41) is 0. The van der Waals surface area contributed by atoms with E-state index in [1.165, 1.54) is 13.2 Å². The standard InChI is InChI=1S/C15H11BrF2O3/c1-20-15(19)11-7-10(16)3-5-14(11)21-8-9-2-4-12(17)13(18)6-9/h2-7H,8H2,1H3. The van der Waals surface area contributed by atoms with Crippen molar-refractivity contribution in [3.05, 3.63) is 63.6 Å². The third-order valence-electron chi connectivity index (χ3n) is 2.73. The number of halogens is 3. The number of hydrogen-bond donors (Lipinski definition) is 0. The highest BCUT2D eigenvalue weighted by Crippen LogP contribution is 2.25. The van der Waals surface area contributed by atoms with Crippen molar-refractivity contribution in [2.24, 2.45) is 0 Å². The van der Waals surface area contributed by atoms with Gasteiger partial charge in [-0.1, -0.05) is 22.0 Å². The molecular formula is C15H11BrF2O3. The van der Waals surface area contributed by atoms with E-state index in [9.17, 15) is 13.6 Å². The fraction of sp³-hybridized carbons (Fsp3) is 0.133. The maximum atomic E-state index is 13.1. The maximum absolute atomic E-state index is 13.1. The Morgan fingerprint density at radius 1 is 1.14 bits per heavy atom. The SMILES string of the molecule is COC(=O)c1cc(Br)ccc1OCc1ccc(F)c(F)c1. The van der Waals surface area contributed by atoms with Crippen LogP contribution in [0.5, 0.6) is 5.75 Å². The van der Waals surface area contributed by atoms with E-state index < -0.39 is 17.6 Å². The van der Waals surface area contributed by atoms with Crippen LogP contribution in [0.2, 0.25) is 0 Å². The molecule has 6 heteroatoms. The van der Waals surface area contributed by atoms with Crippen LogP contribution in [0, 0.1) is 11.6 Å². The van der Waals surface area contributed by atoms with Gasteiger partial charge in [0.15, 0.2) is 11.6 Å². The molecule has 2 aromatic rings. The quantitative estimate of drug-likeness (QED) is 0.774. The first-order valence-electron chi connectivity index (χ1n) is 5.96. The molecule has 2 aromatic carbocycles. The van der Waals surface area contributed by atoms with Crippen molar-refractivity contribution in [3.63, 3.8) is 0 Å². The molecule has 0 aliphatic rings. The van der Waals surface area contributed by atoms with Crippen molar-refractivity contribution >= 4 is 21.9 Å². The van der Waals surface area contributed by atoms with Gasteiger partial charge in [0, 0.05) is 4.47 Å². The second-order valence-electron chi connectivity index (χ2n) is 4.17. The molecule has 0 unspecified atom stereocenters. The Labute approximate surface area is 128 Å². The summed E-state index contributed by atoms with van der Waals surface area (Å²) in [6.07, 6.45) is 0. The lowest BCUT2D eigenvalue weighted by Gasteiger charge is -2.11. The van der Waals surface area contributed by atoms with E-state index in [1.807, 2.05) is 0 Å². The van der Waals surface area contributed by atoms with Crippen molar-refractivity contribution in [1.29, 1.82) is 0 Å². The number of esters is 1. The van der Waals surface area contributed by atoms with Crippen LogP contribution in [0.1, 0.15) is 15.9 Å². The van der Waals surface area contributed by atoms with Crippen LogP contribution < -0.4 is 4.74 Å². The molecule has 0 aromatic heterocycles. The molecule has 0 saturated carbocycles. The molecule has 0 aliphatic carbocycles. The average molecular weight is 357 g/mol. The minimum absolute atomic E-state index is 0.00280. The Hall–Kier alpha value is -1.95. The molecule has 0 atom stereocenters. The second kappa shape index (κ2) is 6.67. The zero-order valence-electron chi connectivity index (χ0n) is 11.0. The molecule has 0 spiro atoms. The van der Waals surface area contributed by atoms with E-state index in [2.05, 4.69) is 20.7 Å². The number of benzene rings is 2. The number of hydrogen-bond acceptors (Lipinski definition) is 3. The van der Waals surface area contributed by atoms with Crippen molar-refractivity contribution in [2.45, 2.75) is 6.61 Å². The van der Waals surface area contributed by atoms with Gasteiger partial charge in [0.1, 0.15) is 17.9 Å². The first kappa shape index (κ1) is 15.4. The fourth-order valence-electron chi connectivity index (χ4n) is 1.69. The molecule has 3 nitrogen and oxygen atoms in total. The zero-order chi connectivity index (χ0) is 15.4. The van der Waals surface area contributed by atoms with Crippen LogP contribution in [0.15, 0.2) is 40.9 Å². The van der Waals surface area contributed by atoms with E-state index in [-0.39, 0.29) is 12.2 Å². The monoisotopic (exact) mass is 356 g/mol. The molecule has 0 N–H and O–H groups in total. The number of rotatable bonds is 4. The van der Waals surface area contributed by atoms with Crippen molar-refractivity contribution < 1.29 is 23.0 Å². The molecule has 0 saturated heterocycles. The van der Waals surface area contributed by atoms with Crippen LogP contribution in [-0.2, 0) is 11.3 Å².